The molecule has 0 saturated carbocycles. The minimum Gasteiger partial charge on any atom is -0.493 e. The second-order valence-electron chi connectivity index (χ2n) is 5.79. The molecule has 0 aromatic heterocycles. The van der Waals surface area contributed by atoms with Gasteiger partial charge < -0.3 is 20.5 Å². The zero-order valence-corrected chi connectivity index (χ0v) is 15.9. The normalized spacial score (nSPS) is 11.3. The van der Waals surface area contributed by atoms with Crippen molar-refractivity contribution in [2.45, 2.75) is 32.7 Å². The molecule has 2 aromatic carbocycles. The van der Waals surface area contributed by atoms with E-state index in [0.717, 1.165) is 12.0 Å². The topological polar surface area (TPSA) is 73.6 Å². The summed E-state index contributed by atoms with van der Waals surface area (Å²) in [6.07, 6.45) is 1.37. The molecule has 142 valence electrons. The molecule has 0 saturated heterocycles. The molecule has 1 atom stereocenters. The van der Waals surface area contributed by atoms with E-state index in [-0.39, 0.29) is 24.1 Å². The first kappa shape index (κ1) is 21.7. The Kier molecular flexibility index (Phi) is 8.35. The lowest BCUT2D eigenvalue weighted by Crippen LogP contribution is -2.35. The monoisotopic (exact) mass is 382 g/mol. The van der Waals surface area contributed by atoms with Crippen LogP contribution in [0.5, 0.6) is 17.2 Å². The molecule has 1 unspecified atom stereocenters. The number of halogens is 2. The lowest BCUT2D eigenvalue weighted by molar-refractivity contribution is -0.117. The van der Waals surface area contributed by atoms with Crippen LogP contribution < -0.4 is 20.5 Å². The number of hydrogen-bond acceptors (Lipinski definition) is 4. The van der Waals surface area contributed by atoms with Crippen LogP contribution >= 0.6 is 12.4 Å². The van der Waals surface area contributed by atoms with Crippen molar-refractivity contribution in [1.82, 2.24) is 0 Å². The van der Waals surface area contributed by atoms with Crippen molar-refractivity contribution < 1.29 is 18.7 Å². The summed E-state index contributed by atoms with van der Waals surface area (Å²) < 4.78 is 25.1. The Hall–Kier alpha value is -2.31. The van der Waals surface area contributed by atoms with Gasteiger partial charge in [-0.1, -0.05) is 19.4 Å². The number of nitrogens with two attached hydrogens (primary N) is 1. The number of hydrogen-bond donors (Lipinski definition) is 2. The fraction of sp³-hybridized carbons (Fsp3) is 0.316. The van der Waals surface area contributed by atoms with E-state index < -0.39 is 11.9 Å². The van der Waals surface area contributed by atoms with Crippen molar-refractivity contribution in [2.75, 3.05) is 12.4 Å². The smallest absolute Gasteiger partial charge is 0.241 e. The highest BCUT2D eigenvalue weighted by atomic mass is 35.5. The maximum atomic E-state index is 14.3. The molecule has 0 fully saturated rings. The van der Waals surface area contributed by atoms with Gasteiger partial charge >= 0.3 is 0 Å². The van der Waals surface area contributed by atoms with E-state index in [4.69, 9.17) is 15.2 Å². The molecule has 3 N–H and O–H groups in total. The lowest BCUT2D eigenvalue weighted by Gasteiger charge is -2.14. The standard InChI is InChI=1S/C19H23FN2O3.ClH/c1-4-5-15(21)19(23)22-13-7-9-16(14(20)11-13)25-17-8-6-12(2)10-18(17)24-3;/h6-11,15H,4-5,21H2,1-3H3,(H,22,23);1H. The summed E-state index contributed by atoms with van der Waals surface area (Å²) in [6, 6.07) is 8.97. The minimum atomic E-state index is -0.610. The third-order valence-corrected chi connectivity index (χ3v) is 3.67. The fourth-order valence-corrected chi connectivity index (χ4v) is 2.32. The summed E-state index contributed by atoms with van der Waals surface area (Å²) in [5, 5.41) is 2.60. The second kappa shape index (κ2) is 9.99. The zero-order chi connectivity index (χ0) is 18.4. The predicted molar refractivity (Wildman–Crippen MR) is 103 cm³/mol. The number of aryl methyl sites for hydroxylation is 1. The number of anilines is 1. The molecule has 0 bridgehead atoms. The van der Waals surface area contributed by atoms with Crippen molar-refractivity contribution in [3.05, 3.63) is 47.8 Å². The van der Waals surface area contributed by atoms with Crippen LogP contribution in [0, 0.1) is 12.7 Å². The van der Waals surface area contributed by atoms with E-state index in [1.165, 1.54) is 19.2 Å². The maximum absolute atomic E-state index is 14.3. The van der Waals surface area contributed by atoms with E-state index in [1.807, 2.05) is 19.9 Å². The van der Waals surface area contributed by atoms with Crippen molar-refractivity contribution in [3.63, 3.8) is 0 Å². The molecule has 0 radical (unpaired) electrons. The van der Waals surface area contributed by atoms with Crippen LogP contribution in [0.3, 0.4) is 0 Å². The third-order valence-electron chi connectivity index (χ3n) is 3.67. The van der Waals surface area contributed by atoms with Crippen LogP contribution in [0.2, 0.25) is 0 Å². The van der Waals surface area contributed by atoms with Gasteiger partial charge in [0.15, 0.2) is 23.1 Å². The summed E-state index contributed by atoms with van der Waals surface area (Å²) >= 11 is 0. The molecule has 2 rings (SSSR count). The van der Waals surface area contributed by atoms with Crippen molar-refractivity contribution in [2.24, 2.45) is 5.73 Å². The average molecular weight is 383 g/mol. The summed E-state index contributed by atoms with van der Waals surface area (Å²) in [5.74, 6) is 0.0358. The molecule has 5 nitrogen and oxygen atoms in total. The van der Waals surface area contributed by atoms with Crippen LogP contribution in [-0.2, 0) is 4.79 Å². The van der Waals surface area contributed by atoms with E-state index in [0.29, 0.717) is 23.6 Å². The van der Waals surface area contributed by atoms with Crippen LogP contribution in [0.4, 0.5) is 10.1 Å². The first-order valence-electron chi connectivity index (χ1n) is 8.13. The number of carbonyl (C=O) groups is 1. The number of carbonyl (C=O) groups excluding carboxylic acids is 1. The first-order valence-corrected chi connectivity index (χ1v) is 8.13. The van der Waals surface area contributed by atoms with Gasteiger partial charge in [0.1, 0.15) is 0 Å². The number of benzene rings is 2. The van der Waals surface area contributed by atoms with Gasteiger partial charge in [0.05, 0.1) is 13.2 Å². The molecular weight excluding hydrogens is 359 g/mol. The third kappa shape index (κ3) is 5.61. The van der Waals surface area contributed by atoms with E-state index in [2.05, 4.69) is 5.32 Å². The summed E-state index contributed by atoms with van der Waals surface area (Å²) in [5.41, 5.74) is 7.08. The minimum absolute atomic E-state index is 0. The number of ether oxygens (including phenoxy) is 2. The number of methoxy groups -OCH3 is 1. The molecule has 26 heavy (non-hydrogen) atoms. The molecule has 0 heterocycles. The Morgan fingerprint density at radius 1 is 1.19 bits per heavy atom. The van der Waals surface area contributed by atoms with Gasteiger partial charge in [0, 0.05) is 11.8 Å². The van der Waals surface area contributed by atoms with E-state index in [1.54, 1.807) is 18.2 Å². The summed E-state index contributed by atoms with van der Waals surface area (Å²) in [7, 11) is 1.52. The summed E-state index contributed by atoms with van der Waals surface area (Å²) in [6.45, 7) is 3.87. The number of nitrogens with one attached hydrogen (secondary N) is 1. The Morgan fingerprint density at radius 3 is 2.50 bits per heavy atom. The van der Waals surface area contributed by atoms with Crippen LogP contribution in [0.1, 0.15) is 25.3 Å². The van der Waals surface area contributed by atoms with Crippen molar-refractivity contribution in [3.8, 4) is 17.2 Å². The molecule has 2 aromatic rings. The highest BCUT2D eigenvalue weighted by Crippen LogP contribution is 2.34. The van der Waals surface area contributed by atoms with Gasteiger partial charge in [-0.3, -0.25) is 4.79 Å². The molecule has 1 amide bonds. The second-order valence-corrected chi connectivity index (χ2v) is 5.79. The molecule has 0 aliphatic rings. The molecule has 7 heteroatoms. The van der Waals surface area contributed by atoms with E-state index in [9.17, 15) is 9.18 Å². The quantitative estimate of drug-likeness (QED) is 0.743. The van der Waals surface area contributed by atoms with Gasteiger partial charge in [-0.25, -0.2) is 4.39 Å². The van der Waals surface area contributed by atoms with Gasteiger partial charge in [0.2, 0.25) is 5.91 Å². The van der Waals surface area contributed by atoms with Gasteiger partial charge in [-0.15, -0.1) is 12.4 Å². The Labute approximate surface area is 159 Å². The molecular formula is C19H24ClFN2O3. The summed E-state index contributed by atoms with van der Waals surface area (Å²) in [4.78, 5) is 11.9. The van der Waals surface area contributed by atoms with Crippen molar-refractivity contribution >= 4 is 24.0 Å². The van der Waals surface area contributed by atoms with Gasteiger partial charge in [-0.05, 0) is 43.2 Å². The van der Waals surface area contributed by atoms with Crippen LogP contribution in [-0.4, -0.2) is 19.1 Å². The maximum Gasteiger partial charge on any atom is 0.241 e. The Bertz CT molecular complexity index is 756. The van der Waals surface area contributed by atoms with Gasteiger partial charge in [-0.2, -0.15) is 0 Å². The predicted octanol–water partition coefficient (Wildman–Crippen LogP) is 4.42. The Morgan fingerprint density at radius 2 is 1.88 bits per heavy atom. The van der Waals surface area contributed by atoms with Crippen LogP contribution in [0.15, 0.2) is 36.4 Å². The van der Waals surface area contributed by atoms with E-state index >= 15 is 0 Å². The largest absolute Gasteiger partial charge is 0.493 e. The first-order chi connectivity index (χ1) is 11.9. The van der Waals surface area contributed by atoms with Crippen LogP contribution in [0.25, 0.3) is 0 Å². The van der Waals surface area contributed by atoms with Crippen molar-refractivity contribution in [1.29, 1.82) is 0 Å². The average Bonchev–Trinajstić information content (AvgIpc) is 2.58. The number of rotatable bonds is 7. The Balaban J connectivity index is 0.00000338. The van der Waals surface area contributed by atoms with Gasteiger partial charge in [0.25, 0.3) is 0 Å². The fourth-order valence-electron chi connectivity index (χ4n) is 2.32. The number of amides is 1. The molecule has 0 aliphatic heterocycles. The highest BCUT2D eigenvalue weighted by Gasteiger charge is 2.14. The SMILES string of the molecule is CCCC(N)C(=O)Nc1ccc(Oc2ccc(C)cc2OC)c(F)c1.Cl. The molecule has 0 aliphatic carbocycles. The molecule has 0 spiro atoms. The lowest BCUT2D eigenvalue weighted by atomic mass is 10.1. The zero-order valence-electron chi connectivity index (χ0n) is 15.0. The highest BCUT2D eigenvalue weighted by molar-refractivity contribution is 5.94.